The van der Waals surface area contributed by atoms with E-state index in [9.17, 15) is 9.59 Å². The number of hydrogen-bond acceptors (Lipinski definition) is 2. The van der Waals surface area contributed by atoms with Gasteiger partial charge in [-0.15, -0.1) is 0 Å². The van der Waals surface area contributed by atoms with Crippen LogP contribution in [0.2, 0.25) is 0 Å². The highest BCUT2D eigenvalue weighted by Gasteiger charge is 2.59. The molecule has 0 spiro atoms. The molecule has 1 aromatic carbocycles. The van der Waals surface area contributed by atoms with Crippen LogP contribution >= 0.6 is 0 Å². The standard InChI is InChI=1S/C20H28N2O2/c1-4-22(17-9-5-7-15(2)13-17)19(24)20(10-11-20)18(23)21-12-6-8-16(3)14-21/h5,7,9,13,16H,4,6,8,10-12,14H2,1-3H3. The highest BCUT2D eigenvalue weighted by molar-refractivity contribution is 6.14. The van der Waals surface area contributed by atoms with Gasteiger partial charge in [0.25, 0.3) is 0 Å². The van der Waals surface area contributed by atoms with E-state index in [1.807, 2.05) is 43.0 Å². The van der Waals surface area contributed by atoms with E-state index >= 15 is 0 Å². The lowest BCUT2D eigenvalue weighted by molar-refractivity contribution is -0.144. The van der Waals surface area contributed by atoms with Crippen LogP contribution < -0.4 is 4.90 Å². The van der Waals surface area contributed by atoms with Crippen LogP contribution in [0, 0.1) is 18.3 Å². The molecule has 130 valence electrons. The van der Waals surface area contributed by atoms with E-state index in [1.165, 1.54) is 6.42 Å². The molecule has 0 bridgehead atoms. The molecule has 1 aliphatic heterocycles. The predicted octanol–water partition coefficient (Wildman–Crippen LogP) is 3.39. The second-order valence-corrected chi connectivity index (χ2v) is 7.47. The minimum Gasteiger partial charge on any atom is -0.342 e. The molecule has 1 aromatic rings. The number of rotatable bonds is 4. The first-order valence-corrected chi connectivity index (χ1v) is 9.16. The van der Waals surface area contributed by atoms with E-state index in [-0.39, 0.29) is 11.8 Å². The second-order valence-electron chi connectivity index (χ2n) is 7.47. The maximum Gasteiger partial charge on any atom is 0.242 e. The molecule has 1 heterocycles. The maximum atomic E-state index is 13.2. The van der Waals surface area contributed by atoms with Crippen molar-refractivity contribution in [3.05, 3.63) is 29.8 Å². The molecular formula is C20H28N2O2. The first-order chi connectivity index (χ1) is 11.5. The molecular weight excluding hydrogens is 300 g/mol. The zero-order chi connectivity index (χ0) is 17.3. The van der Waals surface area contributed by atoms with Crippen LogP contribution in [0.3, 0.4) is 0 Å². The molecule has 1 atom stereocenters. The Morgan fingerprint density at radius 2 is 2.08 bits per heavy atom. The van der Waals surface area contributed by atoms with Crippen molar-refractivity contribution in [2.24, 2.45) is 11.3 Å². The third-order valence-electron chi connectivity index (χ3n) is 5.39. The number of anilines is 1. The first kappa shape index (κ1) is 17.0. The minimum absolute atomic E-state index is 0.0150. The Morgan fingerprint density at radius 1 is 1.33 bits per heavy atom. The molecule has 1 saturated heterocycles. The monoisotopic (exact) mass is 328 g/mol. The number of likely N-dealkylation sites (tertiary alicyclic amines) is 1. The summed E-state index contributed by atoms with van der Waals surface area (Å²) in [6, 6.07) is 7.96. The summed E-state index contributed by atoms with van der Waals surface area (Å²) in [5.74, 6) is 0.580. The van der Waals surface area contributed by atoms with Crippen LogP contribution in [0.5, 0.6) is 0 Å². The number of piperidine rings is 1. The van der Waals surface area contributed by atoms with Crippen molar-refractivity contribution >= 4 is 17.5 Å². The Hall–Kier alpha value is -1.84. The topological polar surface area (TPSA) is 40.6 Å². The molecule has 1 unspecified atom stereocenters. The van der Waals surface area contributed by atoms with Crippen LogP contribution in [0.4, 0.5) is 5.69 Å². The van der Waals surface area contributed by atoms with Gasteiger partial charge in [-0.3, -0.25) is 9.59 Å². The Balaban J connectivity index is 1.80. The van der Waals surface area contributed by atoms with Crippen LogP contribution in [-0.2, 0) is 9.59 Å². The molecule has 3 rings (SSSR count). The van der Waals surface area contributed by atoms with Gasteiger partial charge in [-0.2, -0.15) is 0 Å². The summed E-state index contributed by atoms with van der Waals surface area (Å²) in [7, 11) is 0. The first-order valence-electron chi connectivity index (χ1n) is 9.16. The second kappa shape index (κ2) is 6.58. The summed E-state index contributed by atoms with van der Waals surface area (Å²) in [5.41, 5.74) is 1.23. The lowest BCUT2D eigenvalue weighted by Crippen LogP contribution is -2.49. The maximum absolute atomic E-state index is 13.2. The summed E-state index contributed by atoms with van der Waals surface area (Å²) in [5, 5.41) is 0. The van der Waals surface area contributed by atoms with Gasteiger partial charge < -0.3 is 9.80 Å². The van der Waals surface area contributed by atoms with E-state index in [2.05, 4.69) is 6.92 Å². The van der Waals surface area contributed by atoms with Gasteiger partial charge in [0, 0.05) is 25.3 Å². The molecule has 1 aliphatic carbocycles. The summed E-state index contributed by atoms with van der Waals surface area (Å²) in [6.45, 7) is 8.37. The number of carbonyl (C=O) groups excluding carboxylic acids is 2. The van der Waals surface area contributed by atoms with Gasteiger partial charge in [0.15, 0.2) is 0 Å². The number of amides is 2. The molecule has 2 amide bonds. The molecule has 24 heavy (non-hydrogen) atoms. The smallest absolute Gasteiger partial charge is 0.242 e. The molecule has 0 N–H and O–H groups in total. The SMILES string of the molecule is CCN(C(=O)C1(C(=O)N2CCCC(C)C2)CC1)c1cccc(C)c1. The summed E-state index contributed by atoms with van der Waals surface area (Å²) in [4.78, 5) is 30.0. The van der Waals surface area contributed by atoms with E-state index in [1.54, 1.807) is 4.90 Å². The quantitative estimate of drug-likeness (QED) is 0.795. The highest BCUT2D eigenvalue weighted by atomic mass is 16.2. The zero-order valence-electron chi connectivity index (χ0n) is 15.0. The van der Waals surface area contributed by atoms with E-state index in [0.717, 1.165) is 30.8 Å². The van der Waals surface area contributed by atoms with Gasteiger partial charge >= 0.3 is 0 Å². The van der Waals surface area contributed by atoms with Crippen LogP contribution in [0.1, 0.15) is 45.1 Å². The van der Waals surface area contributed by atoms with Crippen molar-refractivity contribution in [2.75, 3.05) is 24.5 Å². The molecule has 2 aliphatic rings. The van der Waals surface area contributed by atoms with Crippen molar-refractivity contribution in [1.29, 1.82) is 0 Å². The van der Waals surface area contributed by atoms with Crippen LogP contribution in [-0.4, -0.2) is 36.3 Å². The highest BCUT2D eigenvalue weighted by Crippen LogP contribution is 2.49. The number of carbonyl (C=O) groups is 2. The van der Waals surface area contributed by atoms with Crippen molar-refractivity contribution in [2.45, 2.75) is 46.5 Å². The van der Waals surface area contributed by atoms with E-state index in [4.69, 9.17) is 0 Å². The van der Waals surface area contributed by atoms with Crippen molar-refractivity contribution < 1.29 is 9.59 Å². The fourth-order valence-corrected chi connectivity index (χ4v) is 3.82. The number of aryl methyl sites for hydroxylation is 1. The average Bonchev–Trinajstić information content (AvgIpc) is 3.36. The van der Waals surface area contributed by atoms with Crippen molar-refractivity contribution in [3.63, 3.8) is 0 Å². The molecule has 1 saturated carbocycles. The molecule has 4 heteroatoms. The van der Waals surface area contributed by atoms with E-state index in [0.29, 0.717) is 25.3 Å². The molecule has 0 aromatic heterocycles. The molecule has 4 nitrogen and oxygen atoms in total. The fourth-order valence-electron chi connectivity index (χ4n) is 3.82. The average molecular weight is 328 g/mol. The Labute approximate surface area is 144 Å². The largest absolute Gasteiger partial charge is 0.342 e. The third kappa shape index (κ3) is 3.06. The number of nitrogens with zero attached hydrogens (tertiary/aromatic N) is 2. The van der Waals surface area contributed by atoms with Crippen molar-refractivity contribution in [1.82, 2.24) is 4.90 Å². The predicted molar refractivity (Wildman–Crippen MR) is 95.9 cm³/mol. The lowest BCUT2D eigenvalue weighted by Gasteiger charge is -2.35. The van der Waals surface area contributed by atoms with Crippen LogP contribution in [0.25, 0.3) is 0 Å². The Bertz CT molecular complexity index is 636. The van der Waals surface area contributed by atoms with Gasteiger partial charge in [-0.05, 0) is 63.1 Å². The molecule has 2 fully saturated rings. The fraction of sp³-hybridized carbons (Fsp3) is 0.600. The lowest BCUT2D eigenvalue weighted by atomic mass is 9.96. The van der Waals surface area contributed by atoms with Gasteiger partial charge in [-0.1, -0.05) is 19.1 Å². The summed E-state index contributed by atoms with van der Waals surface area (Å²) < 4.78 is 0. The Morgan fingerprint density at radius 3 is 2.67 bits per heavy atom. The van der Waals surface area contributed by atoms with Crippen molar-refractivity contribution in [3.8, 4) is 0 Å². The summed E-state index contributed by atoms with van der Waals surface area (Å²) in [6.07, 6.45) is 3.61. The van der Waals surface area contributed by atoms with Crippen LogP contribution in [0.15, 0.2) is 24.3 Å². The zero-order valence-corrected chi connectivity index (χ0v) is 15.0. The normalized spacial score (nSPS) is 22.1. The third-order valence-corrected chi connectivity index (χ3v) is 5.39. The van der Waals surface area contributed by atoms with E-state index < -0.39 is 5.41 Å². The Kier molecular flexibility index (Phi) is 4.66. The number of benzene rings is 1. The van der Waals surface area contributed by atoms with Gasteiger partial charge in [0.1, 0.15) is 5.41 Å². The summed E-state index contributed by atoms with van der Waals surface area (Å²) >= 11 is 0. The minimum atomic E-state index is -0.795. The molecule has 0 radical (unpaired) electrons. The van der Waals surface area contributed by atoms with Gasteiger partial charge in [-0.25, -0.2) is 0 Å². The number of hydrogen-bond donors (Lipinski definition) is 0. The van der Waals surface area contributed by atoms with Gasteiger partial charge in [0.05, 0.1) is 0 Å². The van der Waals surface area contributed by atoms with Gasteiger partial charge in [0.2, 0.25) is 11.8 Å².